The first-order valence-corrected chi connectivity index (χ1v) is 8.69. The van der Waals surface area contributed by atoms with Crippen LogP contribution in [0.2, 0.25) is 0 Å². The van der Waals surface area contributed by atoms with Crippen LogP contribution in [0.5, 0.6) is 0 Å². The monoisotopic (exact) mass is 345 g/mol. The third-order valence-corrected chi connectivity index (χ3v) is 4.83. The molecule has 2 amide bonds. The molecule has 2 saturated heterocycles. The van der Waals surface area contributed by atoms with E-state index in [0.29, 0.717) is 12.8 Å². The van der Waals surface area contributed by atoms with Crippen LogP contribution in [0, 0.1) is 0 Å². The van der Waals surface area contributed by atoms with Gasteiger partial charge < -0.3 is 10.4 Å². The highest BCUT2D eigenvalue weighted by atomic mass is 16.4. The zero-order valence-electron chi connectivity index (χ0n) is 14.0. The first-order chi connectivity index (χ1) is 12.0. The summed E-state index contributed by atoms with van der Waals surface area (Å²) in [5.74, 6) is -1.32. The fraction of sp³-hybridized carbons (Fsp3) is 0.500. The second-order valence-corrected chi connectivity index (χ2v) is 6.65. The van der Waals surface area contributed by atoms with E-state index >= 15 is 0 Å². The Morgan fingerprint density at radius 2 is 1.96 bits per heavy atom. The summed E-state index contributed by atoms with van der Waals surface area (Å²) in [6, 6.07) is 7.51. The molecule has 3 rings (SSSR count). The van der Waals surface area contributed by atoms with Gasteiger partial charge in [-0.15, -0.1) is 0 Å². The van der Waals surface area contributed by atoms with Crippen molar-refractivity contribution in [3.05, 3.63) is 29.8 Å². The Balaban J connectivity index is 1.66. The maximum atomic E-state index is 11.8. The van der Waals surface area contributed by atoms with Crippen LogP contribution in [0.15, 0.2) is 24.3 Å². The molecule has 2 unspecified atom stereocenters. The van der Waals surface area contributed by atoms with Crippen LogP contribution in [-0.4, -0.2) is 46.9 Å². The zero-order chi connectivity index (χ0) is 17.8. The Kier molecular flexibility index (Phi) is 5.33. The van der Waals surface area contributed by atoms with Crippen molar-refractivity contribution in [1.29, 1.82) is 0 Å². The number of amides is 2. The van der Waals surface area contributed by atoms with Crippen LogP contribution in [-0.2, 0) is 14.4 Å². The molecule has 134 valence electrons. The number of hydrogen-bond donors (Lipinski definition) is 3. The summed E-state index contributed by atoms with van der Waals surface area (Å²) in [5.41, 5.74) is 1.91. The van der Waals surface area contributed by atoms with E-state index in [2.05, 4.69) is 10.6 Å². The second kappa shape index (κ2) is 7.65. The second-order valence-electron chi connectivity index (χ2n) is 6.65. The zero-order valence-corrected chi connectivity index (χ0v) is 14.0. The van der Waals surface area contributed by atoms with Gasteiger partial charge in [0, 0.05) is 18.2 Å². The number of rotatable bonds is 5. The van der Waals surface area contributed by atoms with Crippen molar-refractivity contribution in [3.63, 3.8) is 0 Å². The normalized spacial score (nSPS) is 24.6. The number of hydrogen-bond acceptors (Lipinski definition) is 5. The minimum atomic E-state index is -0.803. The standard InChI is InChI=1S/C18H23N3O4/c22-16-9-8-14(18(25)20-16)19-13-6-4-12(5-7-13)15-3-1-2-10-21(15)11-17(23)24/h4-7,14-15,19H,1-3,8-11H2,(H,23,24)(H,20,22,25). The lowest BCUT2D eigenvalue weighted by Gasteiger charge is -2.35. The van der Waals surface area contributed by atoms with Crippen molar-refractivity contribution >= 4 is 23.5 Å². The Labute approximate surface area is 146 Å². The van der Waals surface area contributed by atoms with Gasteiger partial charge in [-0.05, 0) is 43.5 Å². The fourth-order valence-electron chi connectivity index (χ4n) is 3.57. The van der Waals surface area contributed by atoms with E-state index in [0.717, 1.165) is 37.1 Å². The van der Waals surface area contributed by atoms with Crippen LogP contribution < -0.4 is 10.6 Å². The highest BCUT2D eigenvalue weighted by molar-refractivity contribution is 6.01. The maximum Gasteiger partial charge on any atom is 0.317 e. The molecule has 25 heavy (non-hydrogen) atoms. The van der Waals surface area contributed by atoms with Gasteiger partial charge in [-0.2, -0.15) is 0 Å². The number of carboxylic acids is 1. The van der Waals surface area contributed by atoms with Gasteiger partial charge in [0.2, 0.25) is 11.8 Å². The third-order valence-electron chi connectivity index (χ3n) is 4.83. The van der Waals surface area contributed by atoms with Gasteiger partial charge in [-0.25, -0.2) is 0 Å². The van der Waals surface area contributed by atoms with Gasteiger partial charge in [-0.3, -0.25) is 24.6 Å². The number of piperidine rings is 2. The molecular weight excluding hydrogens is 322 g/mol. The molecule has 2 heterocycles. The van der Waals surface area contributed by atoms with Crippen LogP contribution in [0.1, 0.15) is 43.7 Å². The van der Waals surface area contributed by atoms with Gasteiger partial charge in [0.15, 0.2) is 0 Å². The lowest BCUT2D eigenvalue weighted by Crippen LogP contribution is -2.47. The molecule has 2 fully saturated rings. The van der Waals surface area contributed by atoms with E-state index in [1.807, 2.05) is 29.2 Å². The number of likely N-dealkylation sites (tertiary alicyclic amines) is 1. The summed E-state index contributed by atoms with van der Waals surface area (Å²) in [5, 5.41) is 14.6. The molecule has 0 bridgehead atoms. The Hall–Kier alpha value is -2.41. The molecule has 2 aliphatic heterocycles. The number of nitrogens with zero attached hydrogens (tertiary/aromatic N) is 1. The van der Waals surface area contributed by atoms with Crippen molar-refractivity contribution < 1.29 is 19.5 Å². The molecule has 1 aromatic rings. The van der Waals surface area contributed by atoms with Crippen molar-refractivity contribution in [2.45, 2.75) is 44.2 Å². The minimum absolute atomic E-state index is 0.0565. The maximum absolute atomic E-state index is 11.8. The van der Waals surface area contributed by atoms with E-state index in [1.54, 1.807) is 0 Å². The predicted molar refractivity (Wildman–Crippen MR) is 92.0 cm³/mol. The molecule has 1 aromatic carbocycles. The molecule has 0 spiro atoms. The van der Waals surface area contributed by atoms with Crippen LogP contribution in [0.3, 0.4) is 0 Å². The molecule has 2 aliphatic rings. The first-order valence-electron chi connectivity index (χ1n) is 8.69. The lowest BCUT2D eigenvalue weighted by atomic mass is 9.95. The topological polar surface area (TPSA) is 98.7 Å². The average Bonchev–Trinajstić information content (AvgIpc) is 2.58. The van der Waals surface area contributed by atoms with E-state index in [4.69, 9.17) is 5.11 Å². The number of aliphatic carboxylic acids is 1. The number of nitrogens with one attached hydrogen (secondary N) is 2. The van der Waals surface area contributed by atoms with E-state index in [-0.39, 0.29) is 24.4 Å². The van der Waals surface area contributed by atoms with Crippen molar-refractivity contribution in [2.75, 3.05) is 18.4 Å². The highest BCUT2D eigenvalue weighted by Crippen LogP contribution is 2.31. The molecule has 7 nitrogen and oxygen atoms in total. The summed E-state index contributed by atoms with van der Waals surface area (Å²) in [7, 11) is 0. The molecule has 0 radical (unpaired) electrons. The van der Waals surface area contributed by atoms with Gasteiger partial charge >= 0.3 is 5.97 Å². The SMILES string of the molecule is O=C(O)CN1CCCCC1c1ccc(NC2CCC(=O)NC2=O)cc1. The molecule has 3 N–H and O–H groups in total. The predicted octanol–water partition coefficient (Wildman–Crippen LogP) is 1.52. The number of benzene rings is 1. The van der Waals surface area contributed by atoms with Gasteiger partial charge in [0.1, 0.15) is 6.04 Å². The van der Waals surface area contributed by atoms with Gasteiger partial charge in [0.05, 0.1) is 6.54 Å². The van der Waals surface area contributed by atoms with Crippen molar-refractivity contribution in [2.24, 2.45) is 0 Å². The summed E-state index contributed by atoms with van der Waals surface area (Å²) in [6.45, 7) is 0.855. The van der Waals surface area contributed by atoms with Crippen LogP contribution in [0.4, 0.5) is 5.69 Å². The first kappa shape index (κ1) is 17.4. The summed E-state index contributed by atoms with van der Waals surface area (Å²) in [6.07, 6.45) is 3.90. The lowest BCUT2D eigenvalue weighted by molar-refractivity contribution is -0.139. The number of carbonyl (C=O) groups is 3. The average molecular weight is 345 g/mol. The minimum Gasteiger partial charge on any atom is -0.480 e. The van der Waals surface area contributed by atoms with E-state index in [9.17, 15) is 14.4 Å². The Morgan fingerprint density at radius 1 is 1.20 bits per heavy atom. The molecule has 0 aliphatic carbocycles. The van der Waals surface area contributed by atoms with E-state index in [1.165, 1.54) is 0 Å². The Morgan fingerprint density at radius 3 is 2.64 bits per heavy atom. The highest BCUT2D eigenvalue weighted by Gasteiger charge is 2.27. The van der Waals surface area contributed by atoms with Gasteiger partial charge in [-0.1, -0.05) is 18.6 Å². The molecular formula is C18H23N3O4. The van der Waals surface area contributed by atoms with Gasteiger partial charge in [0.25, 0.3) is 0 Å². The van der Waals surface area contributed by atoms with E-state index < -0.39 is 12.0 Å². The molecule has 0 aromatic heterocycles. The summed E-state index contributed by atoms with van der Waals surface area (Å²) >= 11 is 0. The van der Waals surface area contributed by atoms with Crippen LogP contribution in [0.25, 0.3) is 0 Å². The third kappa shape index (κ3) is 4.36. The Bertz CT molecular complexity index is 659. The van der Waals surface area contributed by atoms with Crippen LogP contribution >= 0.6 is 0 Å². The number of anilines is 1. The summed E-state index contributed by atoms with van der Waals surface area (Å²) < 4.78 is 0. The van der Waals surface area contributed by atoms with Crippen molar-refractivity contribution in [3.8, 4) is 0 Å². The smallest absolute Gasteiger partial charge is 0.317 e. The quantitative estimate of drug-likeness (QED) is 0.700. The number of carboxylic acid groups (broad SMARTS) is 1. The van der Waals surface area contributed by atoms with Crippen molar-refractivity contribution in [1.82, 2.24) is 10.2 Å². The fourth-order valence-corrected chi connectivity index (χ4v) is 3.57. The number of carbonyl (C=O) groups excluding carboxylic acids is 2. The molecule has 7 heteroatoms. The molecule has 0 saturated carbocycles. The largest absolute Gasteiger partial charge is 0.480 e. The molecule has 2 atom stereocenters. The summed E-state index contributed by atoms with van der Waals surface area (Å²) in [4.78, 5) is 36.1. The number of imide groups is 1.